The number of nitrogens with one attached hydrogen (secondary N) is 1. The molecule has 0 atom stereocenters. The van der Waals surface area contributed by atoms with E-state index in [9.17, 15) is 15.0 Å². The third kappa shape index (κ3) is 4.49. The third-order valence-electron chi connectivity index (χ3n) is 2.90. The second-order valence-corrected chi connectivity index (χ2v) is 5.65. The Morgan fingerprint density at radius 2 is 2.30 bits per heavy atom. The maximum atomic E-state index is 11.7. The number of methoxy groups -OCH3 is 1. The van der Waals surface area contributed by atoms with Gasteiger partial charge >= 0.3 is 5.97 Å². The lowest BCUT2D eigenvalue weighted by molar-refractivity contribution is -0.270. The Morgan fingerprint density at radius 3 is 2.91 bits per heavy atom. The SMILES string of the molecule is CCCc1nc(S/C(=C\c2ccc(OC)c([O-])c2)C(=O)O)n[nH]1. The number of rotatable bonds is 7. The molecule has 0 aliphatic carbocycles. The van der Waals surface area contributed by atoms with Crippen LogP contribution < -0.4 is 9.84 Å². The second kappa shape index (κ2) is 7.68. The topological polar surface area (TPSA) is 111 Å². The molecule has 122 valence electrons. The van der Waals surface area contributed by atoms with E-state index in [1.165, 1.54) is 25.3 Å². The molecular formula is C15H16N3O4S-. The standard InChI is InChI=1S/C15H17N3O4S/c1-3-4-13-16-15(18-17-13)23-12(14(20)21)8-9-5-6-11(22-2)10(19)7-9/h5-8,19H,3-4H2,1-2H3,(H,20,21)(H,16,17,18)/p-1/b12-8-. The number of aromatic nitrogens is 3. The van der Waals surface area contributed by atoms with Crippen LogP contribution in [0.3, 0.4) is 0 Å². The van der Waals surface area contributed by atoms with E-state index in [1.54, 1.807) is 6.07 Å². The first-order chi connectivity index (χ1) is 11.0. The molecule has 0 radical (unpaired) electrons. The first-order valence-corrected chi connectivity index (χ1v) is 7.74. The highest BCUT2D eigenvalue weighted by molar-refractivity contribution is 8.04. The summed E-state index contributed by atoms with van der Waals surface area (Å²) >= 11 is 0.929. The van der Waals surface area contributed by atoms with E-state index in [0.29, 0.717) is 16.5 Å². The average molecular weight is 334 g/mol. The van der Waals surface area contributed by atoms with Crippen molar-refractivity contribution >= 4 is 23.8 Å². The molecule has 0 saturated heterocycles. The van der Waals surface area contributed by atoms with Crippen LogP contribution >= 0.6 is 11.8 Å². The number of aromatic amines is 1. The highest BCUT2D eigenvalue weighted by Gasteiger charge is 2.13. The normalized spacial score (nSPS) is 11.5. The van der Waals surface area contributed by atoms with Crippen LogP contribution in [0.2, 0.25) is 0 Å². The van der Waals surface area contributed by atoms with Gasteiger partial charge in [-0.25, -0.2) is 9.78 Å². The average Bonchev–Trinajstić information content (AvgIpc) is 2.94. The number of hydrogen-bond donors (Lipinski definition) is 2. The summed E-state index contributed by atoms with van der Waals surface area (Å²) < 4.78 is 4.89. The molecule has 8 heteroatoms. The van der Waals surface area contributed by atoms with Gasteiger partial charge in [-0.1, -0.05) is 24.8 Å². The summed E-state index contributed by atoms with van der Waals surface area (Å²) in [6, 6.07) is 4.44. The Balaban J connectivity index is 2.23. The molecule has 0 fully saturated rings. The monoisotopic (exact) mass is 334 g/mol. The van der Waals surface area contributed by atoms with Crippen LogP contribution in [0.4, 0.5) is 0 Å². The fourth-order valence-corrected chi connectivity index (χ4v) is 2.57. The fraction of sp³-hybridized carbons (Fsp3) is 0.267. The van der Waals surface area contributed by atoms with Crippen molar-refractivity contribution in [2.45, 2.75) is 24.9 Å². The number of carbonyl (C=O) groups is 1. The van der Waals surface area contributed by atoms with E-state index in [2.05, 4.69) is 15.2 Å². The summed E-state index contributed by atoms with van der Waals surface area (Å²) in [6.07, 6.45) is 3.07. The second-order valence-electron chi connectivity index (χ2n) is 4.64. The minimum absolute atomic E-state index is 0.0246. The van der Waals surface area contributed by atoms with E-state index in [-0.39, 0.29) is 16.4 Å². The molecule has 7 nitrogen and oxygen atoms in total. The zero-order valence-electron chi connectivity index (χ0n) is 12.7. The van der Waals surface area contributed by atoms with Gasteiger partial charge in [0.1, 0.15) is 16.5 Å². The van der Waals surface area contributed by atoms with Crippen LogP contribution in [-0.4, -0.2) is 33.4 Å². The minimum Gasteiger partial charge on any atom is -0.870 e. The Morgan fingerprint density at radius 1 is 1.52 bits per heavy atom. The summed E-state index contributed by atoms with van der Waals surface area (Å²) in [6.45, 7) is 2.02. The molecule has 0 amide bonds. The van der Waals surface area contributed by atoms with Crippen molar-refractivity contribution in [2.24, 2.45) is 0 Å². The van der Waals surface area contributed by atoms with Gasteiger partial charge in [-0.3, -0.25) is 5.10 Å². The van der Waals surface area contributed by atoms with E-state index in [4.69, 9.17) is 4.74 Å². The molecule has 1 aromatic carbocycles. The molecule has 2 aromatic rings. The van der Waals surface area contributed by atoms with E-state index >= 15 is 0 Å². The molecule has 2 rings (SSSR count). The maximum Gasteiger partial charge on any atom is 0.342 e. The quantitative estimate of drug-likeness (QED) is 0.589. The Hall–Kier alpha value is -2.48. The molecule has 0 bridgehead atoms. The molecule has 0 unspecified atom stereocenters. The number of H-pyrrole nitrogens is 1. The zero-order valence-corrected chi connectivity index (χ0v) is 13.5. The van der Waals surface area contributed by atoms with Gasteiger partial charge in [0.25, 0.3) is 0 Å². The van der Waals surface area contributed by atoms with Gasteiger partial charge in [0.05, 0.1) is 7.11 Å². The van der Waals surface area contributed by atoms with Crippen molar-refractivity contribution in [3.63, 3.8) is 0 Å². The third-order valence-corrected chi connectivity index (χ3v) is 3.77. The van der Waals surface area contributed by atoms with Gasteiger partial charge in [0.15, 0.2) is 0 Å². The minimum atomic E-state index is -1.11. The van der Waals surface area contributed by atoms with Crippen LogP contribution in [0, 0.1) is 0 Å². The van der Waals surface area contributed by atoms with Crippen molar-refractivity contribution in [1.29, 1.82) is 0 Å². The molecular weight excluding hydrogens is 318 g/mol. The van der Waals surface area contributed by atoms with E-state index < -0.39 is 5.97 Å². The highest BCUT2D eigenvalue weighted by Crippen LogP contribution is 2.29. The molecule has 0 spiro atoms. The number of hydrogen-bond acceptors (Lipinski definition) is 6. The van der Waals surface area contributed by atoms with Crippen molar-refractivity contribution in [1.82, 2.24) is 15.2 Å². The predicted octanol–water partition coefficient (Wildman–Crippen LogP) is 2.06. The smallest absolute Gasteiger partial charge is 0.342 e. The van der Waals surface area contributed by atoms with Crippen LogP contribution in [0.15, 0.2) is 28.3 Å². The van der Waals surface area contributed by atoms with Crippen molar-refractivity contribution in [2.75, 3.05) is 7.11 Å². The summed E-state index contributed by atoms with van der Waals surface area (Å²) in [7, 11) is 1.40. The van der Waals surface area contributed by atoms with Crippen LogP contribution in [0.1, 0.15) is 24.7 Å². The van der Waals surface area contributed by atoms with Crippen LogP contribution in [-0.2, 0) is 11.2 Å². The van der Waals surface area contributed by atoms with E-state index in [1.807, 2.05) is 6.92 Å². The van der Waals surface area contributed by atoms with Crippen molar-refractivity contribution < 1.29 is 19.7 Å². The van der Waals surface area contributed by atoms with Gasteiger partial charge < -0.3 is 14.9 Å². The van der Waals surface area contributed by atoms with Gasteiger partial charge in [-0.05, 0) is 35.9 Å². The van der Waals surface area contributed by atoms with Gasteiger partial charge in [0, 0.05) is 6.42 Å². The first-order valence-electron chi connectivity index (χ1n) is 6.92. The number of ether oxygens (including phenoxy) is 1. The molecule has 0 aliphatic heterocycles. The zero-order chi connectivity index (χ0) is 16.8. The van der Waals surface area contributed by atoms with Crippen LogP contribution in [0.5, 0.6) is 11.5 Å². The lowest BCUT2D eigenvalue weighted by Crippen LogP contribution is -1.98. The fourth-order valence-electron chi connectivity index (χ4n) is 1.84. The van der Waals surface area contributed by atoms with Crippen molar-refractivity contribution in [3.05, 3.63) is 34.5 Å². The first kappa shape index (κ1) is 16.9. The Bertz CT molecular complexity index is 727. The number of carboxylic acids is 1. The number of aliphatic carboxylic acids is 1. The number of benzene rings is 1. The molecule has 0 aliphatic rings. The van der Waals surface area contributed by atoms with Gasteiger partial charge in [-0.15, -0.1) is 5.10 Å². The van der Waals surface area contributed by atoms with Gasteiger partial charge in [-0.2, -0.15) is 0 Å². The lowest BCUT2D eigenvalue weighted by Gasteiger charge is -2.12. The Kier molecular flexibility index (Phi) is 5.64. The predicted molar refractivity (Wildman–Crippen MR) is 84.3 cm³/mol. The number of carboxylic acid groups (broad SMARTS) is 1. The molecule has 0 saturated carbocycles. The highest BCUT2D eigenvalue weighted by atomic mass is 32.2. The molecule has 1 heterocycles. The molecule has 23 heavy (non-hydrogen) atoms. The summed E-state index contributed by atoms with van der Waals surface area (Å²) in [4.78, 5) is 15.6. The summed E-state index contributed by atoms with van der Waals surface area (Å²) in [5.74, 6) is -0.491. The number of thioether (sulfide) groups is 1. The van der Waals surface area contributed by atoms with E-state index in [0.717, 1.165) is 24.6 Å². The number of aryl methyl sites for hydroxylation is 1. The molecule has 2 N–H and O–H groups in total. The maximum absolute atomic E-state index is 11.7. The summed E-state index contributed by atoms with van der Waals surface area (Å²) in [5.41, 5.74) is 0.477. The van der Waals surface area contributed by atoms with Crippen LogP contribution in [0.25, 0.3) is 6.08 Å². The Labute approximate surface area is 137 Å². The largest absolute Gasteiger partial charge is 0.870 e. The van der Waals surface area contributed by atoms with Gasteiger partial charge in [0.2, 0.25) is 5.16 Å². The van der Waals surface area contributed by atoms with Crippen molar-refractivity contribution in [3.8, 4) is 11.5 Å². The molecule has 1 aromatic heterocycles. The lowest BCUT2D eigenvalue weighted by atomic mass is 10.2. The number of nitrogens with zero attached hydrogens (tertiary/aromatic N) is 2. The summed E-state index contributed by atoms with van der Waals surface area (Å²) in [5, 5.41) is 28.1.